The molecular weight excluding hydrogens is 635 g/mol. The first-order valence-electron chi connectivity index (χ1n) is 12.2. The van der Waals surface area contributed by atoms with Gasteiger partial charge in [0.05, 0.1) is 46.2 Å². The monoisotopic (exact) mass is 662 g/mol. The number of rotatable bonds is 9. The van der Waals surface area contributed by atoms with Gasteiger partial charge in [-0.25, -0.2) is 14.6 Å². The molecule has 0 aliphatic carbocycles. The van der Waals surface area contributed by atoms with Crippen molar-refractivity contribution in [1.82, 2.24) is 4.57 Å². The van der Waals surface area contributed by atoms with Crippen molar-refractivity contribution in [1.29, 1.82) is 0 Å². The fourth-order valence-electron chi connectivity index (χ4n) is 4.26. The van der Waals surface area contributed by atoms with E-state index in [0.717, 1.165) is 5.56 Å². The van der Waals surface area contributed by atoms with Crippen LogP contribution in [-0.4, -0.2) is 43.9 Å². The lowest BCUT2D eigenvalue weighted by Crippen LogP contribution is -2.40. The van der Waals surface area contributed by atoms with E-state index < -0.39 is 18.0 Å². The summed E-state index contributed by atoms with van der Waals surface area (Å²) >= 11 is 3.34. The van der Waals surface area contributed by atoms with Crippen molar-refractivity contribution in [3.05, 3.63) is 88.1 Å². The van der Waals surface area contributed by atoms with E-state index in [-0.39, 0.29) is 18.8 Å². The SMILES string of the molecule is CCOC(=O)COc1c(I)cc(/C=c2\sc3n(c2=O)[C@H](c2ccccc2)C(C(=O)OC)=C(CC)N=3)cc1OC. The van der Waals surface area contributed by atoms with Crippen molar-refractivity contribution in [3.63, 3.8) is 0 Å². The maximum Gasteiger partial charge on any atom is 0.344 e. The lowest BCUT2D eigenvalue weighted by molar-refractivity contribution is -0.145. The van der Waals surface area contributed by atoms with E-state index in [2.05, 4.69) is 27.6 Å². The van der Waals surface area contributed by atoms with Crippen LogP contribution in [0.3, 0.4) is 0 Å². The highest BCUT2D eigenvalue weighted by atomic mass is 127. The quantitative estimate of drug-likeness (QED) is 0.256. The predicted octanol–water partition coefficient (Wildman–Crippen LogP) is 3.35. The smallest absolute Gasteiger partial charge is 0.344 e. The number of esters is 2. The Morgan fingerprint density at radius 1 is 1.15 bits per heavy atom. The Bertz CT molecular complexity index is 1610. The van der Waals surface area contributed by atoms with Crippen molar-refractivity contribution in [2.24, 2.45) is 4.99 Å². The van der Waals surface area contributed by atoms with Gasteiger partial charge in [-0.2, -0.15) is 0 Å². The number of nitrogens with zero attached hydrogens (tertiary/aromatic N) is 2. The molecule has 0 N–H and O–H groups in total. The number of fused-ring (bicyclic) bond motifs is 1. The van der Waals surface area contributed by atoms with E-state index >= 15 is 0 Å². The van der Waals surface area contributed by atoms with Crippen molar-refractivity contribution in [2.75, 3.05) is 27.4 Å². The van der Waals surface area contributed by atoms with Gasteiger partial charge in [-0.05, 0) is 65.3 Å². The van der Waals surface area contributed by atoms with E-state index in [1.807, 2.05) is 43.3 Å². The Kier molecular flexibility index (Phi) is 9.23. The zero-order valence-electron chi connectivity index (χ0n) is 21.9. The summed E-state index contributed by atoms with van der Waals surface area (Å²) in [6.45, 7) is 3.65. The van der Waals surface area contributed by atoms with Crippen molar-refractivity contribution >= 4 is 51.9 Å². The molecule has 0 fully saturated rings. The zero-order chi connectivity index (χ0) is 28.1. The minimum atomic E-state index is -0.666. The predicted molar refractivity (Wildman–Crippen MR) is 155 cm³/mol. The second-order valence-corrected chi connectivity index (χ2v) is 10.5. The highest BCUT2D eigenvalue weighted by Gasteiger charge is 2.33. The molecule has 2 heterocycles. The number of methoxy groups -OCH3 is 2. The third kappa shape index (κ3) is 5.93. The van der Waals surface area contributed by atoms with Crippen LogP contribution in [-0.2, 0) is 19.1 Å². The second kappa shape index (κ2) is 12.6. The Morgan fingerprint density at radius 2 is 1.90 bits per heavy atom. The minimum absolute atomic E-state index is 0.250. The van der Waals surface area contributed by atoms with Crippen LogP contribution in [0.15, 0.2) is 63.5 Å². The van der Waals surface area contributed by atoms with Gasteiger partial charge in [0, 0.05) is 0 Å². The van der Waals surface area contributed by atoms with Crippen molar-refractivity contribution in [2.45, 2.75) is 26.3 Å². The first-order chi connectivity index (χ1) is 18.8. The highest BCUT2D eigenvalue weighted by Crippen LogP contribution is 2.34. The summed E-state index contributed by atoms with van der Waals surface area (Å²) in [4.78, 5) is 43.6. The molecule has 0 saturated heterocycles. The normalized spacial score (nSPS) is 14.9. The maximum atomic E-state index is 13.8. The lowest BCUT2D eigenvalue weighted by atomic mass is 9.95. The molecule has 0 amide bonds. The number of aromatic nitrogens is 1. The molecule has 9 nitrogen and oxygen atoms in total. The van der Waals surface area contributed by atoms with Gasteiger partial charge in [-0.1, -0.05) is 48.6 Å². The van der Waals surface area contributed by atoms with Crippen LogP contribution >= 0.6 is 33.9 Å². The number of hydrogen-bond acceptors (Lipinski definition) is 9. The number of ether oxygens (including phenoxy) is 4. The summed E-state index contributed by atoms with van der Waals surface area (Å²) in [5.74, 6) is -0.180. The Labute approximate surface area is 242 Å². The Balaban J connectivity index is 1.84. The van der Waals surface area contributed by atoms with Crippen LogP contribution in [0, 0.1) is 3.57 Å². The van der Waals surface area contributed by atoms with Crippen molar-refractivity contribution in [3.8, 4) is 11.5 Å². The number of allylic oxidation sites excluding steroid dienone is 1. The average molecular weight is 663 g/mol. The first kappa shape index (κ1) is 28.6. The number of carbonyl (C=O) groups excluding carboxylic acids is 2. The molecule has 39 heavy (non-hydrogen) atoms. The third-order valence-electron chi connectivity index (χ3n) is 5.95. The third-order valence-corrected chi connectivity index (χ3v) is 7.74. The molecule has 11 heteroatoms. The molecule has 2 aromatic carbocycles. The Morgan fingerprint density at radius 3 is 2.54 bits per heavy atom. The van der Waals surface area contributed by atoms with E-state index in [1.165, 1.54) is 25.6 Å². The summed E-state index contributed by atoms with van der Waals surface area (Å²) in [6.07, 6.45) is 2.25. The standard InChI is InChI=1S/C28H27IN2O7S/c1-5-19-23(27(34)36-4)24(17-10-8-7-9-11-17)31-26(33)21(39-28(31)30-19)14-16-12-18(29)25(20(13-16)35-3)38-15-22(32)37-6-2/h7-14,24H,5-6,15H2,1-4H3/b21-14-/t24-/m1/s1. The van der Waals surface area contributed by atoms with Gasteiger partial charge in [-0.15, -0.1) is 0 Å². The van der Waals surface area contributed by atoms with E-state index in [9.17, 15) is 14.4 Å². The lowest BCUT2D eigenvalue weighted by Gasteiger charge is -2.25. The van der Waals surface area contributed by atoms with Gasteiger partial charge in [0.15, 0.2) is 22.9 Å². The molecule has 0 saturated carbocycles. The summed E-state index contributed by atoms with van der Waals surface area (Å²) in [5.41, 5.74) is 2.14. The first-order valence-corrected chi connectivity index (χ1v) is 14.1. The van der Waals surface area contributed by atoms with Crippen molar-refractivity contribution < 1.29 is 28.5 Å². The van der Waals surface area contributed by atoms with Crippen LogP contribution in [0.1, 0.15) is 37.4 Å². The molecule has 0 radical (unpaired) electrons. The molecule has 1 aliphatic heterocycles. The van der Waals surface area contributed by atoms with Gasteiger partial charge >= 0.3 is 11.9 Å². The average Bonchev–Trinajstić information content (AvgIpc) is 3.25. The molecule has 3 aromatic rings. The fourth-order valence-corrected chi connectivity index (χ4v) is 6.06. The Hall–Kier alpha value is -3.45. The summed E-state index contributed by atoms with van der Waals surface area (Å²) in [7, 11) is 2.83. The van der Waals surface area contributed by atoms with Gasteiger partial charge in [-0.3, -0.25) is 9.36 Å². The molecule has 0 unspecified atom stereocenters. The number of halogens is 1. The van der Waals surface area contributed by atoms with Crippen LogP contribution in [0.2, 0.25) is 0 Å². The van der Waals surface area contributed by atoms with Gasteiger partial charge in [0.2, 0.25) is 0 Å². The molecular formula is C28H27IN2O7S. The summed E-state index contributed by atoms with van der Waals surface area (Å²) in [5, 5.41) is 0. The van der Waals surface area contributed by atoms with E-state index in [1.54, 1.807) is 23.6 Å². The molecule has 0 bridgehead atoms. The molecule has 204 valence electrons. The maximum absolute atomic E-state index is 13.8. The van der Waals surface area contributed by atoms with Gasteiger partial charge in [0.1, 0.15) is 0 Å². The summed E-state index contributed by atoms with van der Waals surface area (Å²) < 4.78 is 23.9. The van der Waals surface area contributed by atoms with Gasteiger partial charge < -0.3 is 18.9 Å². The number of benzene rings is 2. The molecule has 0 spiro atoms. The number of hydrogen-bond donors (Lipinski definition) is 0. The number of thiazole rings is 1. The fraction of sp³-hybridized carbons (Fsp3) is 0.286. The number of carbonyl (C=O) groups is 2. The zero-order valence-corrected chi connectivity index (χ0v) is 24.8. The molecule has 1 atom stereocenters. The van der Waals surface area contributed by atoms with Crippen LogP contribution in [0.4, 0.5) is 0 Å². The topological polar surface area (TPSA) is 105 Å². The molecule has 1 aromatic heterocycles. The van der Waals surface area contributed by atoms with E-state index in [4.69, 9.17) is 18.9 Å². The molecule has 4 rings (SSSR count). The molecule has 1 aliphatic rings. The minimum Gasteiger partial charge on any atom is -0.493 e. The highest BCUT2D eigenvalue weighted by molar-refractivity contribution is 14.1. The van der Waals surface area contributed by atoms with E-state index in [0.29, 0.717) is 47.7 Å². The summed E-state index contributed by atoms with van der Waals surface area (Å²) in [6, 6.07) is 12.3. The van der Waals surface area contributed by atoms with Gasteiger partial charge in [0.25, 0.3) is 5.56 Å². The van der Waals surface area contributed by atoms with Crippen LogP contribution in [0.25, 0.3) is 6.08 Å². The largest absolute Gasteiger partial charge is 0.493 e. The van der Waals surface area contributed by atoms with Crippen LogP contribution < -0.4 is 24.4 Å². The van der Waals surface area contributed by atoms with Crippen LogP contribution in [0.5, 0.6) is 11.5 Å². The second-order valence-electron chi connectivity index (χ2n) is 8.33.